The topological polar surface area (TPSA) is 107 Å². The van der Waals surface area contributed by atoms with E-state index in [1.807, 2.05) is 6.07 Å². The number of anilines is 1. The fourth-order valence-electron chi connectivity index (χ4n) is 4.81. The van der Waals surface area contributed by atoms with Gasteiger partial charge in [-0.3, -0.25) is 9.59 Å². The number of carbonyl (C=O) groups excluding carboxylic acids is 2. The van der Waals surface area contributed by atoms with E-state index in [0.29, 0.717) is 12.8 Å². The Balaban J connectivity index is 0.000000454. The summed E-state index contributed by atoms with van der Waals surface area (Å²) in [5.74, 6) is -1.58. The number of carboxylic acid groups (broad SMARTS) is 1. The summed E-state index contributed by atoms with van der Waals surface area (Å²) in [6.45, 7) is 2.66. The Morgan fingerprint density at radius 3 is 2.39 bits per heavy atom. The van der Waals surface area contributed by atoms with Gasteiger partial charge in [-0.1, -0.05) is 0 Å². The molecule has 2 fully saturated rings. The average molecular weight is 530 g/mol. The SMILES string of the molecule is CN(C)C(=O)CCC(=O)N1CCCC12CCCN(c1ncnc3ccsc13)CC2.O=C(O)C(F)(F)F. The van der Waals surface area contributed by atoms with Crippen molar-refractivity contribution < 1.29 is 32.7 Å². The second kappa shape index (κ2) is 11.4. The zero-order valence-corrected chi connectivity index (χ0v) is 21.1. The number of amides is 2. The molecule has 0 radical (unpaired) electrons. The van der Waals surface area contributed by atoms with Crippen molar-refractivity contribution in [2.24, 2.45) is 0 Å². The Labute approximate surface area is 210 Å². The van der Waals surface area contributed by atoms with Gasteiger partial charge in [-0.2, -0.15) is 13.2 Å². The molecule has 1 unspecified atom stereocenters. The minimum Gasteiger partial charge on any atom is -0.475 e. The van der Waals surface area contributed by atoms with Crippen LogP contribution in [0, 0.1) is 0 Å². The molecule has 1 N–H and O–H groups in total. The third-order valence-corrected chi connectivity index (χ3v) is 7.53. The van der Waals surface area contributed by atoms with E-state index in [4.69, 9.17) is 9.90 Å². The number of fused-ring (bicyclic) bond motifs is 1. The van der Waals surface area contributed by atoms with Gasteiger partial charge in [-0.15, -0.1) is 11.3 Å². The second-order valence-corrected chi connectivity index (χ2v) is 10.1. The van der Waals surface area contributed by atoms with Gasteiger partial charge in [0.05, 0.1) is 10.2 Å². The predicted octanol–water partition coefficient (Wildman–Crippen LogP) is 3.54. The number of hydrogen-bond donors (Lipinski definition) is 1. The fraction of sp³-hybridized carbons (Fsp3) is 0.609. The molecule has 36 heavy (non-hydrogen) atoms. The van der Waals surface area contributed by atoms with Gasteiger partial charge in [0.1, 0.15) is 12.1 Å². The number of carboxylic acids is 1. The maximum absolute atomic E-state index is 13.0. The first-order valence-electron chi connectivity index (χ1n) is 11.7. The molecule has 9 nitrogen and oxygen atoms in total. The number of alkyl halides is 3. The fourth-order valence-corrected chi connectivity index (χ4v) is 5.67. The van der Waals surface area contributed by atoms with Gasteiger partial charge in [0.25, 0.3) is 0 Å². The maximum Gasteiger partial charge on any atom is 0.490 e. The summed E-state index contributed by atoms with van der Waals surface area (Å²) in [6.07, 6.45) is 2.30. The van der Waals surface area contributed by atoms with Crippen molar-refractivity contribution >= 4 is 45.2 Å². The smallest absolute Gasteiger partial charge is 0.475 e. The van der Waals surface area contributed by atoms with Crippen LogP contribution < -0.4 is 4.90 Å². The first-order chi connectivity index (χ1) is 16.9. The average Bonchev–Trinajstić information content (AvgIpc) is 3.40. The number of hydrogen-bond acceptors (Lipinski definition) is 7. The molecule has 1 atom stereocenters. The van der Waals surface area contributed by atoms with E-state index in [2.05, 4.69) is 25.1 Å². The summed E-state index contributed by atoms with van der Waals surface area (Å²) < 4.78 is 32.9. The van der Waals surface area contributed by atoms with E-state index in [-0.39, 0.29) is 17.4 Å². The Morgan fingerprint density at radius 2 is 1.75 bits per heavy atom. The third-order valence-electron chi connectivity index (χ3n) is 6.63. The van der Waals surface area contributed by atoms with Crippen LogP contribution in [-0.2, 0) is 14.4 Å². The van der Waals surface area contributed by atoms with Crippen LogP contribution in [0.5, 0.6) is 0 Å². The van der Waals surface area contributed by atoms with Gasteiger partial charge in [-0.05, 0) is 43.6 Å². The van der Waals surface area contributed by atoms with Crippen molar-refractivity contribution in [2.75, 3.05) is 38.6 Å². The number of halogens is 3. The third kappa shape index (κ3) is 6.42. The highest BCUT2D eigenvalue weighted by atomic mass is 32.1. The van der Waals surface area contributed by atoms with Gasteiger partial charge >= 0.3 is 12.1 Å². The van der Waals surface area contributed by atoms with Crippen molar-refractivity contribution in [2.45, 2.75) is 56.7 Å². The van der Waals surface area contributed by atoms with Crippen molar-refractivity contribution in [1.82, 2.24) is 19.8 Å². The molecule has 2 aromatic rings. The zero-order chi connectivity index (χ0) is 26.5. The van der Waals surface area contributed by atoms with Crippen molar-refractivity contribution in [3.63, 3.8) is 0 Å². The molecule has 0 saturated carbocycles. The molecule has 1 spiro atoms. The van der Waals surface area contributed by atoms with Crippen LogP contribution in [0.3, 0.4) is 0 Å². The Bertz CT molecular complexity index is 1090. The molecule has 4 heterocycles. The lowest BCUT2D eigenvalue weighted by Gasteiger charge is -2.38. The van der Waals surface area contributed by atoms with E-state index in [9.17, 15) is 22.8 Å². The number of likely N-dealkylation sites (tertiary alicyclic amines) is 1. The van der Waals surface area contributed by atoms with Crippen LogP contribution in [0.4, 0.5) is 19.0 Å². The molecule has 0 bridgehead atoms. The van der Waals surface area contributed by atoms with Crippen molar-refractivity contribution in [3.05, 3.63) is 17.8 Å². The van der Waals surface area contributed by atoms with E-state index in [0.717, 1.165) is 67.8 Å². The number of nitrogens with zero attached hydrogens (tertiary/aromatic N) is 5. The molecular weight excluding hydrogens is 499 g/mol. The molecule has 2 aliphatic rings. The van der Waals surface area contributed by atoms with E-state index < -0.39 is 12.1 Å². The van der Waals surface area contributed by atoms with Crippen LogP contribution in [0.2, 0.25) is 0 Å². The maximum atomic E-state index is 13.0. The lowest BCUT2D eigenvalue weighted by atomic mass is 9.87. The summed E-state index contributed by atoms with van der Waals surface area (Å²) in [5, 5.41) is 9.19. The molecule has 0 aliphatic carbocycles. The zero-order valence-electron chi connectivity index (χ0n) is 20.3. The minimum absolute atomic E-state index is 0.0161. The van der Waals surface area contributed by atoms with Gasteiger partial charge in [-0.25, -0.2) is 14.8 Å². The Hall–Kier alpha value is -2.96. The lowest BCUT2D eigenvalue weighted by molar-refractivity contribution is -0.192. The first-order valence-corrected chi connectivity index (χ1v) is 12.6. The van der Waals surface area contributed by atoms with Gasteiger partial charge < -0.3 is 19.8 Å². The molecule has 2 amide bonds. The summed E-state index contributed by atoms with van der Waals surface area (Å²) >= 11 is 1.69. The standard InChI is InChI=1S/C21H29N5O2S.C2HF3O2/c1-24(2)17(27)5-6-18(28)26-12-4-9-21(26)8-3-11-25(13-10-21)20-19-16(7-14-29-19)22-15-23-20;3-2(4,5)1(6)7/h7,14-15H,3-6,8-13H2,1-2H3;(H,6,7). The number of thiophene rings is 1. The minimum atomic E-state index is -5.08. The van der Waals surface area contributed by atoms with Crippen LogP contribution in [0.25, 0.3) is 10.2 Å². The highest BCUT2D eigenvalue weighted by molar-refractivity contribution is 7.17. The summed E-state index contributed by atoms with van der Waals surface area (Å²) in [6, 6.07) is 2.04. The highest BCUT2D eigenvalue weighted by Crippen LogP contribution is 2.40. The Morgan fingerprint density at radius 1 is 1.08 bits per heavy atom. The van der Waals surface area contributed by atoms with E-state index in [1.165, 1.54) is 0 Å². The molecule has 2 saturated heterocycles. The van der Waals surface area contributed by atoms with Crippen molar-refractivity contribution in [3.8, 4) is 0 Å². The lowest BCUT2D eigenvalue weighted by Crippen LogP contribution is -2.48. The second-order valence-electron chi connectivity index (χ2n) is 9.14. The first kappa shape index (κ1) is 27.6. The van der Waals surface area contributed by atoms with Gasteiger partial charge in [0, 0.05) is 52.1 Å². The molecule has 198 valence electrons. The van der Waals surface area contributed by atoms with Crippen LogP contribution in [0.15, 0.2) is 17.8 Å². The van der Waals surface area contributed by atoms with E-state index in [1.54, 1.807) is 36.7 Å². The van der Waals surface area contributed by atoms with Crippen LogP contribution in [-0.4, -0.2) is 88.1 Å². The number of rotatable bonds is 4. The molecular formula is C23H30F3N5O4S. The summed E-state index contributed by atoms with van der Waals surface area (Å²) in [4.78, 5) is 48.7. The number of aromatic nitrogens is 2. The molecule has 2 aliphatic heterocycles. The largest absolute Gasteiger partial charge is 0.490 e. The summed E-state index contributed by atoms with van der Waals surface area (Å²) in [5.41, 5.74) is 0.941. The highest BCUT2D eigenvalue weighted by Gasteiger charge is 2.44. The van der Waals surface area contributed by atoms with Crippen molar-refractivity contribution in [1.29, 1.82) is 0 Å². The quantitative estimate of drug-likeness (QED) is 0.646. The van der Waals surface area contributed by atoms with Gasteiger partial charge in [0.2, 0.25) is 11.8 Å². The summed E-state index contributed by atoms with van der Waals surface area (Å²) in [7, 11) is 3.48. The van der Waals surface area contributed by atoms with Crippen LogP contribution in [0.1, 0.15) is 44.9 Å². The van der Waals surface area contributed by atoms with Gasteiger partial charge in [0.15, 0.2) is 0 Å². The predicted molar refractivity (Wildman–Crippen MR) is 129 cm³/mol. The number of aliphatic carboxylic acids is 1. The molecule has 13 heteroatoms. The monoisotopic (exact) mass is 529 g/mol. The Kier molecular flexibility index (Phi) is 8.75. The molecule has 2 aromatic heterocycles. The molecule has 4 rings (SSSR count). The molecule has 0 aromatic carbocycles. The van der Waals surface area contributed by atoms with Crippen LogP contribution >= 0.6 is 11.3 Å². The van der Waals surface area contributed by atoms with E-state index >= 15 is 0 Å². The number of carbonyl (C=O) groups is 3. The normalized spacial score (nSPS) is 20.1.